The third-order valence-electron chi connectivity index (χ3n) is 5.04. The highest BCUT2D eigenvalue weighted by Crippen LogP contribution is 2.28. The molecule has 150 valence electrons. The zero-order valence-electron chi connectivity index (χ0n) is 16.5. The summed E-state index contributed by atoms with van der Waals surface area (Å²) in [6.07, 6.45) is 2.96. The Morgan fingerprint density at radius 2 is 2.00 bits per heavy atom. The Kier molecular flexibility index (Phi) is 6.02. The van der Waals surface area contributed by atoms with E-state index in [9.17, 15) is 14.7 Å². The highest BCUT2D eigenvalue weighted by molar-refractivity contribution is 5.95. The number of carbonyl (C=O) groups excluding carboxylic acids is 1. The van der Waals surface area contributed by atoms with Gasteiger partial charge in [0, 0.05) is 12.6 Å². The summed E-state index contributed by atoms with van der Waals surface area (Å²) in [6, 6.07) is 9.12. The van der Waals surface area contributed by atoms with Crippen molar-refractivity contribution in [2.45, 2.75) is 39.7 Å². The highest BCUT2D eigenvalue weighted by atomic mass is 16.5. The standard InChI is InChI=1S/C21H27N3O4/c1-14(2)13-28-18-12-24(16-8-5-4-6-9-16)22-19(18)20(25)23-11-7-10-17(15(23)3)21(26)27/h4-6,8-9,12,14-15,17H,7,10-11,13H2,1-3H3,(H,26,27)/t15-,17-/m0/s1. The average molecular weight is 385 g/mol. The summed E-state index contributed by atoms with van der Waals surface area (Å²) in [5.74, 6) is -0.988. The number of carboxylic acid groups (broad SMARTS) is 1. The van der Waals surface area contributed by atoms with Crippen molar-refractivity contribution < 1.29 is 19.4 Å². The molecule has 1 N–H and O–H groups in total. The highest BCUT2D eigenvalue weighted by Gasteiger charge is 2.37. The van der Waals surface area contributed by atoms with Gasteiger partial charge < -0.3 is 14.7 Å². The molecule has 0 radical (unpaired) electrons. The SMILES string of the molecule is CC(C)COc1cn(-c2ccccc2)nc1C(=O)N1CCC[C@H](C(=O)O)[C@@H]1C. The molecule has 1 fully saturated rings. The predicted octanol–water partition coefficient (Wildman–Crippen LogP) is 3.23. The molecule has 3 rings (SSSR count). The zero-order valence-corrected chi connectivity index (χ0v) is 16.5. The lowest BCUT2D eigenvalue weighted by Gasteiger charge is -2.37. The van der Waals surface area contributed by atoms with Crippen molar-refractivity contribution in [2.75, 3.05) is 13.2 Å². The number of para-hydroxylation sites is 1. The maximum atomic E-state index is 13.3. The molecule has 1 saturated heterocycles. The molecule has 0 unspecified atom stereocenters. The Morgan fingerprint density at radius 1 is 1.29 bits per heavy atom. The van der Waals surface area contributed by atoms with Gasteiger partial charge >= 0.3 is 5.97 Å². The van der Waals surface area contributed by atoms with Gasteiger partial charge in [-0.2, -0.15) is 5.10 Å². The van der Waals surface area contributed by atoms with Crippen molar-refractivity contribution in [2.24, 2.45) is 11.8 Å². The first kappa shape index (κ1) is 19.9. The number of ether oxygens (including phenoxy) is 1. The molecule has 1 aliphatic heterocycles. The second-order valence-corrected chi connectivity index (χ2v) is 7.65. The van der Waals surface area contributed by atoms with E-state index in [1.165, 1.54) is 0 Å². The van der Waals surface area contributed by atoms with Gasteiger partial charge in [0.05, 0.1) is 24.4 Å². The van der Waals surface area contributed by atoms with Gasteiger partial charge in [0.25, 0.3) is 5.91 Å². The molecular weight excluding hydrogens is 358 g/mol. The molecule has 0 saturated carbocycles. The van der Waals surface area contributed by atoms with Crippen molar-refractivity contribution in [3.8, 4) is 11.4 Å². The van der Waals surface area contributed by atoms with Crippen LogP contribution in [0.25, 0.3) is 5.69 Å². The Labute approximate surface area is 164 Å². The predicted molar refractivity (Wildman–Crippen MR) is 105 cm³/mol. The summed E-state index contributed by atoms with van der Waals surface area (Å²) in [7, 11) is 0. The van der Waals surface area contributed by atoms with Gasteiger partial charge in [0.2, 0.25) is 0 Å². The Morgan fingerprint density at radius 3 is 2.64 bits per heavy atom. The van der Waals surface area contributed by atoms with Crippen LogP contribution in [0.3, 0.4) is 0 Å². The molecule has 1 aliphatic rings. The van der Waals surface area contributed by atoms with Crippen LogP contribution in [0, 0.1) is 11.8 Å². The summed E-state index contributed by atoms with van der Waals surface area (Å²) in [5.41, 5.74) is 1.05. The molecule has 0 spiro atoms. The van der Waals surface area contributed by atoms with E-state index in [4.69, 9.17) is 4.74 Å². The Hall–Kier alpha value is -2.83. The van der Waals surface area contributed by atoms with Crippen molar-refractivity contribution >= 4 is 11.9 Å². The smallest absolute Gasteiger partial charge is 0.308 e. The van der Waals surface area contributed by atoms with E-state index >= 15 is 0 Å². The summed E-state index contributed by atoms with van der Waals surface area (Å²) in [5, 5.41) is 13.9. The lowest BCUT2D eigenvalue weighted by molar-refractivity contribution is -0.144. The van der Waals surface area contributed by atoms with Crippen molar-refractivity contribution in [3.05, 3.63) is 42.2 Å². The van der Waals surface area contributed by atoms with Crippen LogP contribution >= 0.6 is 0 Å². The fraction of sp³-hybridized carbons (Fsp3) is 0.476. The zero-order chi connectivity index (χ0) is 20.3. The topological polar surface area (TPSA) is 84.7 Å². The molecule has 7 nitrogen and oxygen atoms in total. The van der Waals surface area contributed by atoms with Gasteiger partial charge in [-0.3, -0.25) is 9.59 Å². The first-order valence-corrected chi connectivity index (χ1v) is 9.70. The maximum absolute atomic E-state index is 13.3. The van der Waals surface area contributed by atoms with E-state index in [1.54, 1.807) is 22.7 Å². The number of carbonyl (C=O) groups is 2. The molecule has 1 aromatic carbocycles. The number of amides is 1. The lowest BCUT2D eigenvalue weighted by Crippen LogP contribution is -2.49. The summed E-state index contributed by atoms with van der Waals surface area (Å²) in [4.78, 5) is 26.4. The number of nitrogens with zero attached hydrogens (tertiary/aromatic N) is 3. The van der Waals surface area contributed by atoms with Crippen molar-refractivity contribution in [1.82, 2.24) is 14.7 Å². The molecule has 0 bridgehead atoms. The fourth-order valence-corrected chi connectivity index (χ4v) is 3.48. The van der Waals surface area contributed by atoms with Gasteiger partial charge in [0.15, 0.2) is 11.4 Å². The molecule has 1 aromatic heterocycles. The van der Waals surface area contributed by atoms with Crippen LogP contribution in [0.2, 0.25) is 0 Å². The first-order chi connectivity index (χ1) is 13.4. The second-order valence-electron chi connectivity index (χ2n) is 7.65. The Balaban J connectivity index is 1.93. The van der Waals surface area contributed by atoms with E-state index in [2.05, 4.69) is 5.10 Å². The van der Waals surface area contributed by atoms with Gasteiger partial charge in [0.1, 0.15) is 0 Å². The van der Waals surface area contributed by atoms with E-state index in [1.807, 2.05) is 44.2 Å². The number of aromatic nitrogens is 2. The van der Waals surface area contributed by atoms with Gasteiger partial charge in [-0.25, -0.2) is 4.68 Å². The third-order valence-corrected chi connectivity index (χ3v) is 5.04. The van der Waals surface area contributed by atoms with Crippen LogP contribution in [0.1, 0.15) is 44.1 Å². The van der Waals surface area contributed by atoms with Crippen LogP contribution in [-0.4, -0.2) is 50.9 Å². The molecular formula is C21H27N3O4. The van der Waals surface area contributed by atoms with E-state index in [0.29, 0.717) is 37.7 Å². The minimum absolute atomic E-state index is 0.224. The molecule has 0 aliphatic carbocycles. The summed E-state index contributed by atoms with van der Waals surface area (Å²) in [6.45, 7) is 6.85. The minimum Gasteiger partial charge on any atom is -0.489 e. The summed E-state index contributed by atoms with van der Waals surface area (Å²) >= 11 is 0. The molecule has 1 amide bonds. The van der Waals surface area contributed by atoms with Crippen LogP contribution < -0.4 is 4.74 Å². The molecule has 2 atom stereocenters. The number of benzene rings is 1. The van der Waals surface area contributed by atoms with E-state index in [-0.39, 0.29) is 11.6 Å². The third kappa shape index (κ3) is 4.18. The first-order valence-electron chi connectivity index (χ1n) is 9.70. The number of hydrogen-bond donors (Lipinski definition) is 1. The monoisotopic (exact) mass is 385 g/mol. The lowest BCUT2D eigenvalue weighted by atomic mass is 9.90. The normalized spacial score (nSPS) is 19.6. The number of carboxylic acids is 1. The van der Waals surface area contributed by atoms with Gasteiger partial charge in [-0.1, -0.05) is 32.0 Å². The van der Waals surface area contributed by atoms with E-state index in [0.717, 1.165) is 5.69 Å². The molecule has 2 heterocycles. The van der Waals surface area contributed by atoms with Gasteiger partial charge in [-0.05, 0) is 37.8 Å². The number of likely N-dealkylation sites (tertiary alicyclic amines) is 1. The fourth-order valence-electron chi connectivity index (χ4n) is 3.48. The van der Waals surface area contributed by atoms with Crippen LogP contribution in [0.5, 0.6) is 5.75 Å². The minimum atomic E-state index is -0.865. The van der Waals surface area contributed by atoms with Crippen molar-refractivity contribution in [1.29, 1.82) is 0 Å². The maximum Gasteiger partial charge on any atom is 0.308 e. The second kappa shape index (κ2) is 8.46. The van der Waals surface area contributed by atoms with Crippen LogP contribution in [0.15, 0.2) is 36.5 Å². The van der Waals surface area contributed by atoms with E-state index < -0.39 is 17.9 Å². The summed E-state index contributed by atoms with van der Waals surface area (Å²) < 4.78 is 7.51. The largest absolute Gasteiger partial charge is 0.489 e. The van der Waals surface area contributed by atoms with Crippen LogP contribution in [-0.2, 0) is 4.79 Å². The quantitative estimate of drug-likeness (QED) is 0.825. The molecule has 2 aromatic rings. The Bertz CT molecular complexity index is 831. The van der Waals surface area contributed by atoms with Crippen LogP contribution in [0.4, 0.5) is 0 Å². The molecule has 28 heavy (non-hydrogen) atoms. The average Bonchev–Trinajstić information content (AvgIpc) is 3.11. The number of aliphatic carboxylic acids is 1. The number of piperidine rings is 1. The van der Waals surface area contributed by atoms with Gasteiger partial charge in [-0.15, -0.1) is 0 Å². The number of hydrogen-bond acceptors (Lipinski definition) is 4. The molecule has 7 heteroatoms. The number of rotatable bonds is 6. The van der Waals surface area contributed by atoms with Crippen molar-refractivity contribution in [3.63, 3.8) is 0 Å².